The molecule has 0 saturated heterocycles. The Morgan fingerprint density at radius 2 is 1.88 bits per heavy atom. The lowest BCUT2D eigenvalue weighted by atomic mass is 9.71. The molecule has 2 aliphatic carbocycles. The van der Waals surface area contributed by atoms with Crippen molar-refractivity contribution in [3.05, 3.63) is 35.4 Å². The van der Waals surface area contributed by atoms with Gasteiger partial charge in [0.05, 0.1) is 6.10 Å². The summed E-state index contributed by atoms with van der Waals surface area (Å²) in [4.78, 5) is 0. The van der Waals surface area contributed by atoms with E-state index in [9.17, 15) is 5.11 Å². The van der Waals surface area contributed by atoms with E-state index in [1.54, 1.807) is 0 Å². The van der Waals surface area contributed by atoms with Gasteiger partial charge in [-0.05, 0) is 29.9 Å². The first-order chi connectivity index (χ1) is 8.34. The summed E-state index contributed by atoms with van der Waals surface area (Å²) in [7, 11) is 0. The van der Waals surface area contributed by atoms with Crippen molar-refractivity contribution in [1.82, 2.24) is 0 Å². The van der Waals surface area contributed by atoms with E-state index in [2.05, 4.69) is 24.3 Å². The van der Waals surface area contributed by atoms with Crippen LogP contribution in [0.2, 0.25) is 0 Å². The monoisotopic (exact) mass is 230 g/mol. The molecule has 2 atom stereocenters. The number of hydrogen-bond acceptors (Lipinski definition) is 1. The third kappa shape index (κ3) is 2.26. The summed E-state index contributed by atoms with van der Waals surface area (Å²) >= 11 is 0. The van der Waals surface area contributed by atoms with Crippen LogP contribution in [0.4, 0.5) is 0 Å². The maximum atomic E-state index is 10.4. The van der Waals surface area contributed by atoms with Gasteiger partial charge in [-0.1, -0.05) is 56.4 Å². The maximum Gasteiger partial charge on any atom is 0.0614 e. The fourth-order valence-corrected chi connectivity index (χ4v) is 3.57. The van der Waals surface area contributed by atoms with Crippen molar-refractivity contribution in [2.45, 2.75) is 57.0 Å². The second-order valence-corrected chi connectivity index (χ2v) is 5.82. The van der Waals surface area contributed by atoms with Gasteiger partial charge in [0.2, 0.25) is 0 Å². The Kier molecular flexibility index (Phi) is 3.19. The molecule has 2 unspecified atom stereocenters. The molecule has 92 valence electrons. The lowest BCUT2D eigenvalue weighted by molar-refractivity contribution is 0.0957. The highest BCUT2D eigenvalue weighted by molar-refractivity contribution is 5.40. The van der Waals surface area contributed by atoms with Gasteiger partial charge < -0.3 is 5.11 Å². The van der Waals surface area contributed by atoms with E-state index in [1.165, 1.54) is 43.2 Å². The Morgan fingerprint density at radius 1 is 1.12 bits per heavy atom. The van der Waals surface area contributed by atoms with Crippen molar-refractivity contribution in [2.75, 3.05) is 0 Å². The second-order valence-electron chi connectivity index (χ2n) is 5.82. The van der Waals surface area contributed by atoms with Crippen molar-refractivity contribution >= 4 is 0 Å². The van der Waals surface area contributed by atoms with Crippen LogP contribution in [0.25, 0.3) is 0 Å². The minimum Gasteiger partial charge on any atom is -0.392 e. The normalized spacial score (nSPS) is 26.1. The molecule has 1 aromatic carbocycles. The standard InChI is InChI=1S/C16H22O/c17-16(10-12-6-2-1-3-7-12)15-11-13-8-4-5-9-14(13)15/h4-5,8-9,12,15-17H,1-3,6-7,10-11H2. The molecule has 17 heavy (non-hydrogen) atoms. The van der Waals surface area contributed by atoms with E-state index in [0.29, 0.717) is 5.92 Å². The molecular formula is C16H22O. The molecule has 0 aromatic heterocycles. The molecule has 0 bridgehead atoms. The SMILES string of the molecule is OC(CC1CCCCC1)C1Cc2ccccc21. The number of aliphatic hydroxyl groups excluding tert-OH is 1. The van der Waals surface area contributed by atoms with Gasteiger partial charge in [-0.3, -0.25) is 0 Å². The third-order valence-electron chi connectivity index (χ3n) is 4.66. The fraction of sp³-hybridized carbons (Fsp3) is 0.625. The Morgan fingerprint density at radius 3 is 2.65 bits per heavy atom. The Labute approximate surface area is 104 Å². The van der Waals surface area contributed by atoms with E-state index in [0.717, 1.165) is 18.8 Å². The van der Waals surface area contributed by atoms with Crippen LogP contribution in [0.3, 0.4) is 0 Å². The summed E-state index contributed by atoms with van der Waals surface area (Å²) in [5, 5.41) is 10.4. The quantitative estimate of drug-likeness (QED) is 0.840. The van der Waals surface area contributed by atoms with Crippen LogP contribution in [0, 0.1) is 5.92 Å². The molecule has 1 nitrogen and oxygen atoms in total. The zero-order valence-corrected chi connectivity index (χ0v) is 10.4. The second kappa shape index (κ2) is 4.81. The topological polar surface area (TPSA) is 20.2 Å². The van der Waals surface area contributed by atoms with Gasteiger partial charge in [-0.2, -0.15) is 0 Å². The number of hydrogen-bond donors (Lipinski definition) is 1. The summed E-state index contributed by atoms with van der Waals surface area (Å²) in [5.41, 5.74) is 2.84. The van der Waals surface area contributed by atoms with E-state index in [1.807, 2.05) is 0 Å². The first kappa shape index (κ1) is 11.3. The van der Waals surface area contributed by atoms with Gasteiger partial charge in [-0.25, -0.2) is 0 Å². The average molecular weight is 230 g/mol. The predicted molar refractivity (Wildman–Crippen MR) is 70.1 cm³/mol. The largest absolute Gasteiger partial charge is 0.392 e. The van der Waals surface area contributed by atoms with Crippen LogP contribution >= 0.6 is 0 Å². The predicted octanol–water partition coefficient (Wildman–Crippen LogP) is 3.66. The molecule has 1 N–H and O–H groups in total. The highest BCUT2D eigenvalue weighted by Crippen LogP contribution is 2.40. The lowest BCUT2D eigenvalue weighted by Crippen LogP contribution is -2.31. The molecule has 2 aliphatic rings. The van der Waals surface area contributed by atoms with Crippen molar-refractivity contribution in [3.8, 4) is 0 Å². The van der Waals surface area contributed by atoms with Gasteiger partial charge in [-0.15, -0.1) is 0 Å². The van der Waals surface area contributed by atoms with Crippen LogP contribution in [-0.4, -0.2) is 11.2 Å². The number of fused-ring (bicyclic) bond motifs is 1. The zero-order valence-electron chi connectivity index (χ0n) is 10.4. The Hall–Kier alpha value is -0.820. The van der Waals surface area contributed by atoms with Gasteiger partial charge in [0.15, 0.2) is 0 Å². The van der Waals surface area contributed by atoms with Crippen LogP contribution in [0.1, 0.15) is 55.6 Å². The summed E-state index contributed by atoms with van der Waals surface area (Å²) in [6, 6.07) is 8.58. The highest BCUT2D eigenvalue weighted by Gasteiger charge is 2.32. The molecule has 1 aromatic rings. The molecule has 0 amide bonds. The molecule has 1 heteroatoms. The molecule has 1 saturated carbocycles. The molecule has 0 aliphatic heterocycles. The number of benzene rings is 1. The first-order valence-electron chi connectivity index (χ1n) is 7.10. The number of aliphatic hydroxyl groups is 1. The van der Waals surface area contributed by atoms with Crippen LogP contribution in [0.5, 0.6) is 0 Å². The lowest BCUT2D eigenvalue weighted by Gasteiger charge is -2.36. The molecule has 0 spiro atoms. The molecule has 3 rings (SSSR count). The van der Waals surface area contributed by atoms with E-state index in [4.69, 9.17) is 0 Å². The van der Waals surface area contributed by atoms with Crippen molar-refractivity contribution in [2.24, 2.45) is 5.92 Å². The summed E-state index contributed by atoms with van der Waals surface area (Å²) in [6.45, 7) is 0. The highest BCUT2D eigenvalue weighted by atomic mass is 16.3. The summed E-state index contributed by atoms with van der Waals surface area (Å²) in [5.74, 6) is 1.21. The van der Waals surface area contributed by atoms with Crippen molar-refractivity contribution < 1.29 is 5.11 Å². The van der Waals surface area contributed by atoms with Gasteiger partial charge in [0.25, 0.3) is 0 Å². The average Bonchev–Trinajstić information content (AvgIpc) is 2.32. The Bertz CT molecular complexity index is 379. The first-order valence-corrected chi connectivity index (χ1v) is 7.10. The van der Waals surface area contributed by atoms with Crippen molar-refractivity contribution in [3.63, 3.8) is 0 Å². The summed E-state index contributed by atoms with van der Waals surface area (Å²) in [6.07, 6.45) is 8.84. The van der Waals surface area contributed by atoms with Gasteiger partial charge >= 0.3 is 0 Å². The van der Waals surface area contributed by atoms with Crippen LogP contribution < -0.4 is 0 Å². The minimum absolute atomic E-state index is 0.104. The van der Waals surface area contributed by atoms with Crippen molar-refractivity contribution in [1.29, 1.82) is 0 Å². The fourth-order valence-electron chi connectivity index (χ4n) is 3.57. The third-order valence-corrected chi connectivity index (χ3v) is 4.66. The maximum absolute atomic E-state index is 10.4. The molecule has 0 radical (unpaired) electrons. The van der Waals surface area contributed by atoms with Gasteiger partial charge in [0.1, 0.15) is 0 Å². The Balaban J connectivity index is 1.59. The summed E-state index contributed by atoms with van der Waals surface area (Å²) < 4.78 is 0. The van der Waals surface area contributed by atoms with Crippen LogP contribution in [0.15, 0.2) is 24.3 Å². The van der Waals surface area contributed by atoms with E-state index < -0.39 is 0 Å². The minimum atomic E-state index is -0.104. The molecule has 0 heterocycles. The molecule has 1 fully saturated rings. The zero-order chi connectivity index (χ0) is 11.7. The molecular weight excluding hydrogens is 208 g/mol. The van der Waals surface area contributed by atoms with E-state index in [-0.39, 0.29) is 6.10 Å². The smallest absolute Gasteiger partial charge is 0.0614 e. The van der Waals surface area contributed by atoms with Gasteiger partial charge in [0, 0.05) is 5.92 Å². The van der Waals surface area contributed by atoms with Crippen LogP contribution in [-0.2, 0) is 6.42 Å². The number of rotatable bonds is 3. The van der Waals surface area contributed by atoms with E-state index >= 15 is 0 Å².